The highest BCUT2D eigenvalue weighted by atomic mass is 32.2. The Hall–Kier alpha value is -2.38. The van der Waals surface area contributed by atoms with Crippen molar-refractivity contribution in [2.45, 2.75) is 28.8 Å². The second kappa shape index (κ2) is 9.53. The highest BCUT2D eigenvalue weighted by molar-refractivity contribution is 7.99. The number of hydrogen-bond acceptors (Lipinski definition) is 5. The Kier molecular flexibility index (Phi) is 6.84. The molecule has 0 atom stereocenters. The minimum atomic E-state index is -0.0471. The van der Waals surface area contributed by atoms with Crippen molar-refractivity contribution < 1.29 is 9.59 Å². The summed E-state index contributed by atoms with van der Waals surface area (Å²) >= 11 is 1.57. The van der Waals surface area contributed by atoms with Gasteiger partial charge in [-0.3, -0.25) is 14.5 Å². The molecule has 0 radical (unpaired) electrons. The number of likely N-dealkylation sites (tertiary alicyclic amines) is 1. The Bertz CT molecular complexity index is 759. The summed E-state index contributed by atoms with van der Waals surface area (Å²) in [6.45, 7) is 2.06. The molecular weight excluding hydrogens is 360 g/mol. The van der Waals surface area contributed by atoms with Gasteiger partial charge in [-0.1, -0.05) is 17.8 Å². The van der Waals surface area contributed by atoms with E-state index < -0.39 is 0 Å². The van der Waals surface area contributed by atoms with Crippen molar-refractivity contribution in [1.82, 2.24) is 20.5 Å². The van der Waals surface area contributed by atoms with Crippen LogP contribution >= 0.6 is 11.8 Å². The van der Waals surface area contributed by atoms with Crippen LogP contribution in [0.15, 0.2) is 58.6 Å². The molecule has 7 heteroatoms. The van der Waals surface area contributed by atoms with Crippen molar-refractivity contribution in [1.29, 1.82) is 0 Å². The van der Waals surface area contributed by atoms with Crippen molar-refractivity contribution >= 4 is 23.6 Å². The predicted octanol–water partition coefficient (Wildman–Crippen LogP) is 2.17. The van der Waals surface area contributed by atoms with E-state index >= 15 is 0 Å². The summed E-state index contributed by atoms with van der Waals surface area (Å²) in [5, 5.41) is 6.68. The largest absolute Gasteiger partial charge is 0.358 e. The number of rotatable bonds is 6. The zero-order chi connectivity index (χ0) is 19.1. The van der Waals surface area contributed by atoms with Crippen molar-refractivity contribution in [3.8, 4) is 0 Å². The van der Waals surface area contributed by atoms with Gasteiger partial charge in [0, 0.05) is 42.8 Å². The lowest BCUT2D eigenvalue weighted by Crippen LogP contribution is -2.47. The molecule has 1 fully saturated rings. The number of carbonyl (C=O) groups excluding carboxylic acids is 2. The van der Waals surface area contributed by atoms with E-state index in [0.29, 0.717) is 12.1 Å². The lowest BCUT2D eigenvalue weighted by atomic mass is 10.0. The molecule has 0 aliphatic carbocycles. The van der Waals surface area contributed by atoms with Gasteiger partial charge in [0.25, 0.3) is 5.91 Å². The molecule has 1 saturated heterocycles. The third-order valence-corrected chi connectivity index (χ3v) is 5.50. The lowest BCUT2D eigenvalue weighted by Gasteiger charge is -2.31. The summed E-state index contributed by atoms with van der Waals surface area (Å²) in [7, 11) is 1.65. The maximum atomic E-state index is 12.5. The Morgan fingerprint density at radius 1 is 1.15 bits per heavy atom. The van der Waals surface area contributed by atoms with Crippen LogP contribution in [0.3, 0.4) is 0 Å². The zero-order valence-electron chi connectivity index (χ0n) is 15.4. The van der Waals surface area contributed by atoms with Crippen molar-refractivity contribution in [3.63, 3.8) is 0 Å². The van der Waals surface area contributed by atoms with Crippen LogP contribution in [0.25, 0.3) is 0 Å². The molecule has 1 aromatic carbocycles. The monoisotopic (exact) mass is 384 g/mol. The number of likely N-dealkylation sites (N-methyl/N-ethyl adjacent to an activating group) is 1. The molecule has 2 heterocycles. The highest BCUT2D eigenvalue weighted by Crippen LogP contribution is 2.25. The summed E-state index contributed by atoms with van der Waals surface area (Å²) in [6, 6.07) is 13.5. The first kappa shape index (κ1) is 19.4. The van der Waals surface area contributed by atoms with Crippen LogP contribution in [0.4, 0.5) is 0 Å². The molecule has 0 bridgehead atoms. The van der Waals surface area contributed by atoms with E-state index in [1.54, 1.807) is 25.0 Å². The molecular formula is C20H24N4O2S. The molecule has 0 unspecified atom stereocenters. The minimum absolute atomic E-state index is 0.0288. The lowest BCUT2D eigenvalue weighted by molar-refractivity contribution is -0.122. The fourth-order valence-corrected chi connectivity index (χ4v) is 3.76. The summed E-state index contributed by atoms with van der Waals surface area (Å²) in [4.78, 5) is 31.4. The molecule has 27 heavy (non-hydrogen) atoms. The van der Waals surface area contributed by atoms with Crippen LogP contribution in [-0.2, 0) is 4.79 Å². The van der Waals surface area contributed by atoms with Gasteiger partial charge in [-0.25, -0.2) is 4.98 Å². The van der Waals surface area contributed by atoms with E-state index in [0.717, 1.165) is 35.9 Å². The molecule has 1 aliphatic rings. The fourth-order valence-electron chi connectivity index (χ4n) is 2.99. The van der Waals surface area contributed by atoms with Crippen LogP contribution in [0, 0.1) is 0 Å². The Morgan fingerprint density at radius 2 is 1.89 bits per heavy atom. The predicted molar refractivity (Wildman–Crippen MR) is 106 cm³/mol. The number of carbonyl (C=O) groups is 2. The van der Waals surface area contributed by atoms with Crippen LogP contribution < -0.4 is 10.6 Å². The van der Waals surface area contributed by atoms with Crippen LogP contribution in [0.5, 0.6) is 0 Å². The van der Waals surface area contributed by atoms with E-state index in [1.165, 1.54) is 0 Å². The second-order valence-electron chi connectivity index (χ2n) is 6.49. The highest BCUT2D eigenvalue weighted by Gasteiger charge is 2.22. The average molecular weight is 385 g/mol. The summed E-state index contributed by atoms with van der Waals surface area (Å²) in [5.41, 5.74) is 0.660. The van der Waals surface area contributed by atoms with Gasteiger partial charge in [-0.15, -0.1) is 0 Å². The molecule has 142 valence electrons. The number of nitrogens with one attached hydrogen (secondary N) is 2. The van der Waals surface area contributed by atoms with E-state index in [1.807, 2.05) is 42.5 Å². The molecule has 3 rings (SSSR count). The molecule has 0 spiro atoms. The van der Waals surface area contributed by atoms with Gasteiger partial charge in [-0.05, 0) is 49.2 Å². The Morgan fingerprint density at radius 3 is 2.52 bits per heavy atom. The van der Waals surface area contributed by atoms with E-state index in [4.69, 9.17) is 0 Å². The molecule has 2 aromatic rings. The van der Waals surface area contributed by atoms with Gasteiger partial charge in [0.1, 0.15) is 5.03 Å². The summed E-state index contributed by atoms with van der Waals surface area (Å²) in [6.07, 6.45) is 3.48. The first-order chi connectivity index (χ1) is 13.1. The van der Waals surface area contributed by atoms with Crippen LogP contribution in [0.2, 0.25) is 0 Å². The second-order valence-corrected chi connectivity index (χ2v) is 7.59. The number of benzene rings is 1. The van der Waals surface area contributed by atoms with Crippen LogP contribution in [-0.4, -0.2) is 54.4 Å². The zero-order valence-corrected chi connectivity index (χ0v) is 16.2. The maximum absolute atomic E-state index is 12.5. The topological polar surface area (TPSA) is 74.3 Å². The van der Waals surface area contributed by atoms with Crippen molar-refractivity contribution in [2.24, 2.45) is 0 Å². The first-order valence-electron chi connectivity index (χ1n) is 9.07. The standard InChI is InChI=1S/C20H24N4O2S/c1-21-18(25)14-24-12-9-16(10-13-24)23-20(26)15-5-7-17(8-6-15)27-19-4-2-3-11-22-19/h2-8,11,16H,9-10,12-14H2,1H3,(H,21,25)(H,23,26). The summed E-state index contributed by atoms with van der Waals surface area (Å²) in [5.74, 6) is -0.0183. The Balaban J connectivity index is 1.48. The SMILES string of the molecule is CNC(=O)CN1CCC(NC(=O)c2ccc(Sc3ccccn3)cc2)CC1. The number of nitrogens with zero attached hydrogens (tertiary/aromatic N) is 2. The quantitative estimate of drug-likeness (QED) is 0.799. The van der Waals surface area contributed by atoms with Crippen LogP contribution in [0.1, 0.15) is 23.2 Å². The van der Waals surface area contributed by atoms with Gasteiger partial charge < -0.3 is 10.6 Å². The molecule has 1 aromatic heterocycles. The molecule has 6 nitrogen and oxygen atoms in total. The smallest absolute Gasteiger partial charge is 0.251 e. The molecule has 2 amide bonds. The van der Waals surface area contributed by atoms with Crippen molar-refractivity contribution in [2.75, 3.05) is 26.7 Å². The average Bonchev–Trinajstić information content (AvgIpc) is 2.70. The van der Waals surface area contributed by atoms with E-state index in [2.05, 4.69) is 20.5 Å². The number of amides is 2. The normalized spacial score (nSPS) is 15.3. The third-order valence-electron chi connectivity index (χ3n) is 4.55. The van der Waals surface area contributed by atoms with Gasteiger partial charge in [0.05, 0.1) is 6.54 Å². The third kappa shape index (κ3) is 5.80. The number of piperidine rings is 1. The van der Waals surface area contributed by atoms with Gasteiger partial charge in [0.15, 0.2) is 0 Å². The minimum Gasteiger partial charge on any atom is -0.358 e. The van der Waals surface area contributed by atoms with E-state index in [-0.39, 0.29) is 17.9 Å². The number of hydrogen-bond donors (Lipinski definition) is 2. The first-order valence-corrected chi connectivity index (χ1v) is 9.88. The van der Waals surface area contributed by atoms with Gasteiger partial charge in [-0.2, -0.15) is 0 Å². The fraction of sp³-hybridized carbons (Fsp3) is 0.350. The van der Waals surface area contributed by atoms with Gasteiger partial charge in [0.2, 0.25) is 5.91 Å². The number of aromatic nitrogens is 1. The molecule has 1 aliphatic heterocycles. The number of pyridine rings is 1. The molecule has 2 N–H and O–H groups in total. The van der Waals surface area contributed by atoms with Crippen molar-refractivity contribution in [3.05, 3.63) is 54.2 Å². The van der Waals surface area contributed by atoms with E-state index in [9.17, 15) is 9.59 Å². The maximum Gasteiger partial charge on any atom is 0.251 e. The molecule has 0 saturated carbocycles. The summed E-state index contributed by atoms with van der Waals surface area (Å²) < 4.78 is 0. The van der Waals surface area contributed by atoms with Gasteiger partial charge >= 0.3 is 0 Å². The Labute approximate surface area is 163 Å².